The van der Waals surface area contributed by atoms with Crippen molar-refractivity contribution in [3.8, 4) is 0 Å². The van der Waals surface area contributed by atoms with Crippen LogP contribution in [0.3, 0.4) is 0 Å². The molecule has 0 bridgehead atoms. The van der Waals surface area contributed by atoms with Crippen molar-refractivity contribution in [3.63, 3.8) is 0 Å². The van der Waals surface area contributed by atoms with Crippen molar-refractivity contribution in [1.82, 2.24) is 0 Å². The van der Waals surface area contributed by atoms with Gasteiger partial charge in [0.05, 0.1) is 27.7 Å². The summed E-state index contributed by atoms with van der Waals surface area (Å²) in [5.74, 6) is -0.762. The van der Waals surface area contributed by atoms with Gasteiger partial charge in [0.15, 0.2) is 6.10 Å². The van der Waals surface area contributed by atoms with Crippen LogP contribution in [0.4, 0.5) is 0 Å². The number of phosphoric ester groups is 1. The zero-order chi connectivity index (χ0) is 71.1. The maximum Gasteiger partial charge on any atom is 0.472 e. The zero-order valence-electron chi connectivity index (χ0n) is 67.3. The molecule has 0 saturated heterocycles. The van der Waals surface area contributed by atoms with E-state index in [1.165, 1.54) is 437 Å². The summed E-state index contributed by atoms with van der Waals surface area (Å²) in [6.45, 7) is 4.55. The molecule has 0 aliphatic carbocycles. The Labute approximate surface area is 614 Å². The van der Waals surface area contributed by atoms with E-state index in [4.69, 9.17) is 18.5 Å². The zero-order valence-corrected chi connectivity index (χ0v) is 68.2. The molecule has 2 unspecified atom stereocenters. The molecule has 2 atom stereocenters. The van der Waals surface area contributed by atoms with Crippen molar-refractivity contribution in [2.75, 3.05) is 47.5 Å². The number of hydrogen-bond donors (Lipinski definition) is 1. The second kappa shape index (κ2) is 80.1. The normalized spacial score (nSPS) is 12.8. The Morgan fingerprint density at radius 2 is 0.459 bits per heavy atom. The third-order valence-corrected chi connectivity index (χ3v) is 22.1. The molecule has 0 heterocycles. The standard InChI is InChI=1S/C88H176NO8P/c1-6-8-10-12-14-16-18-20-22-24-26-28-30-32-34-36-38-40-42-43-44-45-46-47-49-51-53-55-57-59-61-63-65-67-69-71-73-75-77-79-81-88(91)97-86(85-96-98(92,93)95-83-82-89(3,4)5)84-94-87(90)80-78-76-74-72-70-68-66-64-62-60-58-56-54-52-50-48-41-39-37-35-33-31-29-27-25-23-21-19-17-15-13-11-9-7-2/h86H,6-85H2,1-5H3/p+1. The van der Waals surface area contributed by atoms with Crippen LogP contribution in [0.25, 0.3) is 0 Å². The van der Waals surface area contributed by atoms with E-state index in [1.54, 1.807) is 0 Å². The van der Waals surface area contributed by atoms with Crippen LogP contribution in [0.15, 0.2) is 0 Å². The number of rotatable bonds is 86. The Morgan fingerprint density at radius 3 is 0.653 bits per heavy atom. The Hall–Kier alpha value is -0.990. The van der Waals surface area contributed by atoms with Crippen LogP contribution in [0.1, 0.15) is 502 Å². The molecule has 0 fully saturated rings. The summed E-state index contributed by atoms with van der Waals surface area (Å²) in [7, 11) is 1.51. The number of quaternary nitrogens is 1. The van der Waals surface area contributed by atoms with E-state index in [0.29, 0.717) is 17.4 Å². The first-order valence-corrected chi connectivity index (χ1v) is 46.3. The molecule has 0 aromatic heterocycles. The van der Waals surface area contributed by atoms with Gasteiger partial charge in [-0.15, -0.1) is 0 Å². The lowest BCUT2D eigenvalue weighted by Gasteiger charge is -2.24. The fourth-order valence-corrected chi connectivity index (χ4v) is 15.1. The van der Waals surface area contributed by atoms with Crippen molar-refractivity contribution in [2.24, 2.45) is 0 Å². The van der Waals surface area contributed by atoms with Crippen molar-refractivity contribution in [3.05, 3.63) is 0 Å². The smallest absolute Gasteiger partial charge is 0.462 e. The molecule has 10 heteroatoms. The van der Waals surface area contributed by atoms with Gasteiger partial charge in [0.25, 0.3) is 0 Å². The lowest BCUT2D eigenvalue weighted by atomic mass is 10.0. The third-order valence-electron chi connectivity index (χ3n) is 21.1. The number of ether oxygens (including phenoxy) is 2. The van der Waals surface area contributed by atoms with E-state index in [9.17, 15) is 19.0 Å². The monoisotopic (exact) mass is 1410 g/mol. The minimum absolute atomic E-state index is 0.0380. The highest BCUT2D eigenvalue weighted by atomic mass is 31.2. The van der Waals surface area contributed by atoms with E-state index in [-0.39, 0.29) is 25.6 Å². The van der Waals surface area contributed by atoms with Gasteiger partial charge in [0.1, 0.15) is 19.8 Å². The third kappa shape index (κ3) is 84.0. The number of carbonyl (C=O) groups is 2. The molecule has 0 aliphatic rings. The molecule has 0 saturated carbocycles. The van der Waals surface area contributed by atoms with Crippen molar-refractivity contribution in [1.29, 1.82) is 0 Å². The number of nitrogens with zero attached hydrogens (tertiary/aromatic N) is 1. The second-order valence-electron chi connectivity index (χ2n) is 32.4. The van der Waals surface area contributed by atoms with Gasteiger partial charge in [0.2, 0.25) is 0 Å². The Bertz CT molecular complexity index is 1610. The summed E-state index contributed by atoms with van der Waals surface area (Å²) in [6.07, 6.45) is 102. The van der Waals surface area contributed by atoms with Gasteiger partial charge in [-0.25, -0.2) is 4.57 Å². The molecule has 0 amide bonds. The number of hydrogen-bond acceptors (Lipinski definition) is 7. The van der Waals surface area contributed by atoms with Gasteiger partial charge < -0.3 is 18.9 Å². The summed E-state index contributed by atoms with van der Waals surface area (Å²) in [5, 5.41) is 0. The predicted octanol–water partition coefficient (Wildman–Crippen LogP) is 30.0. The Balaban J connectivity index is 3.82. The molecule has 1 N–H and O–H groups in total. The molecule has 0 rings (SSSR count). The second-order valence-corrected chi connectivity index (χ2v) is 33.8. The van der Waals surface area contributed by atoms with Crippen LogP contribution in [-0.4, -0.2) is 74.9 Å². The van der Waals surface area contributed by atoms with Crippen molar-refractivity contribution >= 4 is 19.8 Å². The van der Waals surface area contributed by atoms with E-state index < -0.39 is 26.5 Å². The average Bonchev–Trinajstić information content (AvgIpc) is 1.23. The lowest BCUT2D eigenvalue weighted by Crippen LogP contribution is -2.37. The summed E-state index contributed by atoms with van der Waals surface area (Å²) in [5.41, 5.74) is 0. The van der Waals surface area contributed by atoms with Crippen LogP contribution in [-0.2, 0) is 32.7 Å². The Kier molecular flexibility index (Phi) is 79.3. The van der Waals surface area contributed by atoms with Gasteiger partial charge in [-0.05, 0) is 12.8 Å². The van der Waals surface area contributed by atoms with Crippen LogP contribution in [0.5, 0.6) is 0 Å². The van der Waals surface area contributed by atoms with E-state index in [0.717, 1.165) is 38.5 Å². The van der Waals surface area contributed by atoms with Gasteiger partial charge >= 0.3 is 19.8 Å². The Morgan fingerprint density at radius 1 is 0.276 bits per heavy atom. The molecular formula is C88H177NO8P+. The largest absolute Gasteiger partial charge is 0.472 e. The maximum atomic E-state index is 12.9. The van der Waals surface area contributed by atoms with Gasteiger partial charge in [-0.2, -0.15) is 0 Å². The highest BCUT2D eigenvalue weighted by Crippen LogP contribution is 2.43. The fraction of sp³-hybridized carbons (Fsp3) is 0.977. The van der Waals surface area contributed by atoms with Gasteiger partial charge in [-0.1, -0.05) is 476 Å². The quantitative estimate of drug-likeness (QED) is 0.0278. The first kappa shape index (κ1) is 97.0. The molecule has 0 spiro atoms. The van der Waals surface area contributed by atoms with E-state index >= 15 is 0 Å². The number of carbonyl (C=O) groups excluding carboxylic acids is 2. The minimum Gasteiger partial charge on any atom is -0.462 e. The van der Waals surface area contributed by atoms with Gasteiger partial charge in [0, 0.05) is 12.8 Å². The first-order chi connectivity index (χ1) is 48.0. The number of likely N-dealkylation sites (N-methyl/N-ethyl adjacent to an activating group) is 1. The first-order valence-electron chi connectivity index (χ1n) is 44.8. The highest BCUT2D eigenvalue weighted by Gasteiger charge is 2.27. The van der Waals surface area contributed by atoms with Gasteiger partial charge in [-0.3, -0.25) is 18.6 Å². The molecule has 586 valence electrons. The molecule has 0 aromatic rings. The summed E-state index contributed by atoms with van der Waals surface area (Å²) in [6, 6.07) is 0. The lowest BCUT2D eigenvalue weighted by molar-refractivity contribution is -0.870. The average molecular weight is 1410 g/mol. The molecule has 0 radical (unpaired) electrons. The van der Waals surface area contributed by atoms with E-state index in [1.807, 2.05) is 21.1 Å². The topological polar surface area (TPSA) is 108 Å². The number of esters is 2. The van der Waals surface area contributed by atoms with Crippen molar-refractivity contribution < 1.29 is 42.1 Å². The fourth-order valence-electron chi connectivity index (χ4n) is 14.3. The van der Waals surface area contributed by atoms with Crippen LogP contribution < -0.4 is 0 Å². The summed E-state index contributed by atoms with van der Waals surface area (Å²) >= 11 is 0. The van der Waals surface area contributed by atoms with E-state index in [2.05, 4.69) is 13.8 Å². The molecular weight excluding hydrogens is 1230 g/mol. The highest BCUT2D eigenvalue weighted by molar-refractivity contribution is 7.47. The molecule has 98 heavy (non-hydrogen) atoms. The van der Waals surface area contributed by atoms with Crippen LogP contribution in [0.2, 0.25) is 0 Å². The number of phosphoric acid groups is 1. The summed E-state index contributed by atoms with van der Waals surface area (Å²) < 4.78 is 34.9. The maximum absolute atomic E-state index is 12.9. The number of unbranched alkanes of at least 4 members (excludes halogenated alkanes) is 72. The van der Waals surface area contributed by atoms with Crippen molar-refractivity contribution in [2.45, 2.75) is 508 Å². The molecule has 0 aromatic carbocycles. The molecule has 0 aliphatic heterocycles. The molecule has 9 nitrogen and oxygen atoms in total. The van der Waals surface area contributed by atoms with Crippen LogP contribution >= 0.6 is 7.82 Å². The predicted molar refractivity (Wildman–Crippen MR) is 428 cm³/mol. The summed E-state index contributed by atoms with van der Waals surface area (Å²) in [4.78, 5) is 36.0. The minimum atomic E-state index is -4.39. The van der Waals surface area contributed by atoms with Crippen LogP contribution in [0, 0.1) is 0 Å². The SMILES string of the molecule is CCCCCCCCCCCCCCCCCCCCCCCCCCCCCCCCCCCCCCCCCCC(=O)OC(COC(=O)CCCCCCCCCCCCCCCCCCCCCCCCCCCCCCCCCCCC)COP(=O)(O)OCC[N+](C)(C)C.